The molecule has 0 bridgehead atoms. The van der Waals surface area contributed by atoms with Gasteiger partial charge in [0.05, 0.1) is 15.5 Å². The second-order valence-electron chi connectivity index (χ2n) is 5.78. The Kier molecular flexibility index (Phi) is 4.91. The standard InChI is InChI=1S/C19H15FN2O4S/c1-21(17-9-11-18(12-10-17)22(23)24)27(25,26)19-4-2-3-15(13-19)14-5-7-16(20)8-6-14/h2-13H,1H3. The van der Waals surface area contributed by atoms with Crippen molar-refractivity contribution in [2.45, 2.75) is 4.90 Å². The van der Waals surface area contributed by atoms with Crippen molar-refractivity contribution in [3.8, 4) is 11.1 Å². The molecule has 138 valence electrons. The van der Waals surface area contributed by atoms with Crippen LogP contribution in [-0.4, -0.2) is 20.4 Å². The molecule has 27 heavy (non-hydrogen) atoms. The summed E-state index contributed by atoms with van der Waals surface area (Å²) in [6.45, 7) is 0. The lowest BCUT2D eigenvalue weighted by Crippen LogP contribution is -2.26. The molecule has 0 amide bonds. The number of nitro groups is 1. The summed E-state index contributed by atoms with van der Waals surface area (Å²) in [6, 6.07) is 17.3. The second kappa shape index (κ2) is 7.16. The van der Waals surface area contributed by atoms with Gasteiger partial charge in [0.25, 0.3) is 15.7 Å². The number of sulfonamides is 1. The van der Waals surface area contributed by atoms with Crippen LogP contribution >= 0.6 is 0 Å². The van der Waals surface area contributed by atoms with Crippen LogP contribution < -0.4 is 4.31 Å². The zero-order valence-corrected chi connectivity index (χ0v) is 15.1. The second-order valence-corrected chi connectivity index (χ2v) is 7.75. The first-order chi connectivity index (χ1) is 12.8. The van der Waals surface area contributed by atoms with E-state index in [1.165, 1.54) is 55.6 Å². The quantitative estimate of drug-likeness (QED) is 0.486. The van der Waals surface area contributed by atoms with Crippen molar-refractivity contribution in [3.05, 3.63) is 88.7 Å². The highest BCUT2D eigenvalue weighted by Crippen LogP contribution is 2.27. The van der Waals surface area contributed by atoms with E-state index in [-0.39, 0.29) is 16.4 Å². The molecule has 0 N–H and O–H groups in total. The van der Waals surface area contributed by atoms with Gasteiger partial charge in [0.15, 0.2) is 0 Å². The van der Waals surface area contributed by atoms with Crippen molar-refractivity contribution < 1.29 is 17.7 Å². The molecule has 3 rings (SSSR count). The maximum absolute atomic E-state index is 13.1. The van der Waals surface area contributed by atoms with E-state index in [1.807, 2.05) is 0 Å². The van der Waals surface area contributed by atoms with Crippen molar-refractivity contribution in [1.29, 1.82) is 0 Å². The van der Waals surface area contributed by atoms with Crippen LogP contribution in [0.3, 0.4) is 0 Å². The van der Waals surface area contributed by atoms with Crippen LogP contribution in [0.4, 0.5) is 15.8 Å². The highest BCUT2D eigenvalue weighted by Gasteiger charge is 2.22. The van der Waals surface area contributed by atoms with Crippen LogP contribution in [0.2, 0.25) is 0 Å². The van der Waals surface area contributed by atoms with E-state index < -0.39 is 14.9 Å². The Bertz CT molecular complexity index is 1080. The van der Waals surface area contributed by atoms with Crippen molar-refractivity contribution in [2.24, 2.45) is 0 Å². The largest absolute Gasteiger partial charge is 0.269 e. The van der Waals surface area contributed by atoms with Gasteiger partial charge in [0, 0.05) is 19.2 Å². The molecular weight excluding hydrogens is 371 g/mol. The highest BCUT2D eigenvalue weighted by molar-refractivity contribution is 7.92. The molecule has 6 nitrogen and oxygen atoms in total. The fraction of sp³-hybridized carbons (Fsp3) is 0.0526. The van der Waals surface area contributed by atoms with Crippen LogP contribution in [0, 0.1) is 15.9 Å². The average molecular weight is 386 g/mol. The average Bonchev–Trinajstić information content (AvgIpc) is 2.68. The third-order valence-electron chi connectivity index (χ3n) is 4.09. The van der Waals surface area contributed by atoms with E-state index in [0.717, 1.165) is 4.31 Å². The van der Waals surface area contributed by atoms with Gasteiger partial charge in [0.2, 0.25) is 0 Å². The van der Waals surface area contributed by atoms with Crippen molar-refractivity contribution in [2.75, 3.05) is 11.4 Å². The molecule has 0 heterocycles. The zero-order chi connectivity index (χ0) is 19.6. The van der Waals surface area contributed by atoms with Gasteiger partial charge in [-0.15, -0.1) is 0 Å². The van der Waals surface area contributed by atoms with Crippen LogP contribution in [0.15, 0.2) is 77.7 Å². The lowest BCUT2D eigenvalue weighted by molar-refractivity contribution is -0.384. The minimum atomic E-state index is -3.87. The summed E-state index contributed by atoms with van der Waals surface area (Å²) in [4.78, 5) is 10.3. The molecule has 3 aromatic carbocycles. The topological polar surface area (TPSA) is 80.5 Å². The number of hydrogen-bond acceptors (Lipinski definition) is 4. The lowest BCUT2D eigenvalue weighted by atomic mass is 10.1. The van der Waals surface area contributed by atoms with Crippen molar-refractivity contribution in [3.63, 3.8) is 0 Å². The molecule has 0 radical (unpaired) electrons. The summed E-state index contributed by atoms with van der Waals surface area (Å²) < 4.78 is 40.0. The number of anilines is 1. The lowest BCUT2D eigenvalue weighted by Gasteiger charge is -2.19. The molecule has 0 atom stereocenters. The number of halogens is 1. The fourth-order valence-corrected chi connectivity index (χ4v) is 3.80. The SMILES string of the molecule is CN(c1ccc([N+](=O)[O-])cc1)S(=O)(=O)c1cccc(-c2ccc(F)cc2)c1. The van der Waals surface area contributed by atoms with E-state index in [0.29, 0.717) is 16.8 Å². The normalized spacial score (nSPS) is 11.2. The summed E-state index contributed by atoms with van der Waals surface area (Å²) in [7, 11) is -2.50. The summed E-state index contributed by atoms with van der Waals surface area (Å²) in [6.07, 6.45) is 0. The van der Waals surface area contributed by atoms with Gasteiger partial charge < -0.3 is 0 Å². The maximum Gasteiger partial charge on any atom is 0.269 e. The first kappa shape index (κ1) is 18.5. The van der Waals surface area contributed by atoms with Gasteiger partial charge in [-0.05, 0) is 47.5 Å². The van der Waals surface area contributed by atoms with Gasteiger partial charge in [-0.3, -0.25) is 14.4 Å². The molecule has 0 fully saturated rings. The van der Waals surface area contributed by atoms with Gasteiger partial charge in [-0.25, -0.2) is 12.8 Å². The Labute approximate surface area is 155 Å². The first-order valence-electron chi connectivity index (χ1n) is 7.88. The number of nitrogens with zero attached hydrogens (tertiary/aromatic N) is 2. The van der Waals surface area contributed by atoms with Crippen LogP contribution in [-0.2, 0) is 10.0 Å². The molecule has 0 saturated heterocycles. The molecule has 0 aromatic heterocycles. The van der Waals surface area contributed by atoms with Gasteiger partial charge >= 0.3 is 0 Å². The number of nitro benzene ring substituents is 1. The summed E-state index contributed by atoms with van der Waals surface area (Å²) in [5, 5.41) is 10.7. The number of non-ortho nitro benzene ring substituents is 1. The van der Waals surface area contributed by atoms with Crippen LogP contribution in [0.5, 0.6) is 0 Å². The van der Waals surface area contributed by atoms with E-state index in [4.69, 9.17) is 0 Å². The Hall–Kier alpha value is -3.26. The first-order valence-corrected chi connectivity index (χ1v) is 9.32. The smallest absolute Gasteiger partial charge is 0.269 e. The number of rotatable bonds is 5. The molecule has 0 aliphatic heterocycles. The van der Waals surface area contributed by atoms with Crippen LogP contribution in [0.1, 0.15) is 0 Å². The zero-order valence-electron chi connectivity index (χ0n) is 14.2. The summed E-state index contributed by atoms with van der Waals surface area (Å²) >= 11 is 0. The Morgan fingerprint density at radius 3 is 2.15 bits per heavy atom. The predicted molar refractivity (Wildman–Crippen MR) is 101 cm³/mol. The summed E-state index contributed by atoms with van der Waals surface area (Å²) in [5.41, 5.74) is 1.50. The Morgan fingerprint density at radius 2 is 1.56 bits per heavy atom. The monoisotopic (exact) mass is 386 g/mol. The summed E-state index contributed by atoms with van der Waals surface area (Å²) in [5.74, 6) is -0.375. The predicted octanol–water partition coefficient (Wildman–Crippen LogP) is 4.23. The minimum Gasteiger partial charge on any atom is -0.269 e. The van der Waals surface area contributed by atoms with Gasteiger partial charge in [-0.2, -0.15) is 0 Å². The third kappa shape index (κ3) is 3.80. The number of benzene rings is 3. The number of hydrogen-bond donors (Lipinski definition) is 0. The molecule has 0 unspecified atom stereocenters. The van der Waals surface area contributed by atoms with E-state index in [2.05, 4.69) is 0 Å². The maximum atomic E-state index is 13.1. The molecular formula is C19H15FN2O4S. The van der Waals surface area contributed by atoms with Crippen molar-refractivity contribution in [1.82, 2.24) is 0 Å². The Morgan fingerprint density at radius 1 is 0.926 bits per heavy atom. The molecule has 0 aliphatic rings. The molecule has 8 heteroatoms. The molecule has 3 aromatic rings. The van der Waals surface area contributed by atoms with E-state index in [9.17, 15) is 22.9 Å². The van der Waals surface area contributed by atoms with Gasteiger partial charge in [-0.1, -0.05) is 24.3 Å². The molecule has 0 saturated carbocycles. The minimum absolute atomic E-state index is 0.0603. The molecule has 0 spiro atoms. The van der Waals surface area contributed by atoms with E-state index in [1.54, 1.807) is 24.3 Å². The van der Waals surface area contributed by atoms with Crippen molar-refractivity contribution >= 4 is 21.4 Å². The fourth-order valence-electron chi connectivity index (χ4n) is 2.56. The van der Waals surface area contributed by atoms with E-state index >= 15 is 0 Å². The highest BCUT2D eigenvalue weighted by atomic mass is 32.2. The Balaban J connectivity index is 1.95. The van der Waals surface area contributed by atoms with Gasteiger partial charge in [0.1, 0.15) is 5.82 Å². The third-order valence-corrected chi connectivity index (χ3v) is 5.88. The molecule has 0 aliphatic carbocycles. The van der Waals surface area contributed by atoms with Crippen LogP contribution in [0.25, 0.3) is 11.1 Å².